The van der Waals surface area contributed by atoms with E-state index in [1.165, 1.54) is 6.21 Å². The predicted molar refractivity (Wildman–Crippen MR) is 121 cm³/mol. The third kappa shape index (κ3) is 4.98. The minimum Gasteiger partial charge on any atom is -0.494 e. The molecule has 0 aliphatic heterocycles. The van der Waals surface area contributed by atoms with Crippen molar-refractivity contribution in [3.63, 3.8) is 0 Å². The molecule has 2 aromatic carbocycles. The van der Waals surface area contributed by atoms with Crippen LogP contribution in [0.5, 0.6) is 5.75 Å². The predicted octanol–water partition coefficient (Wildman–Crippen LogP) is 5.44. The molecule has 0 spiro atoms. The summed E-state index contributed by atoms with van der Waals surface area (Å²) in [4.78, 5) is 17.7. The van der Waals surface area contributed by atoms with Gasteiger partial charge >= 0.3 is 0 Å². The van der Waals surface area contributed by atoms with Crippen LogP contribution >= 0.6 is 0 Å². The maximum atomic E-state index is 12.9. The Hall–Kier alpha value is -3.93. The summed E-state index contributed by atoms with van der Waals surface area (Å²) in [6, 6.07) is 18.9. The van der Waals surface area contributed by atoms with Crippen molar-refractivity contribution in [1.29, 1.82) is 0 Å². The summed E-state index contributed by atoms with van der Waals surface area (Å²) in [6.45, 7) is 2.80. The van der Waals surface area contributed by atoms with Gasteiger partial charge in [-0.15, -0.1) is 0 Å². The van der Waals surface area contributed by atoms with Crippen LogP contribution in [0.3, 0.4) is 0 Å². The van der Waals surface area contributed by atoms with E-state index in [0.29, 0.717) is 17.9 Å². The Morgan fingerprint density at radius 1 is 1.16 bits per heavy atom. The maximum absolute atomic E-state index is 12.9. The molecular weight excluding hydrogens is 390 g/mol. The average molecular weight is 413 g/mol. The summed E-state index contributed by atoms with van der Waals surface area (Å²) < 4.78 is 10.8. The minimum absolute atomic E-state index is 0.310. The monoisotopic (exact) mass is 413 g/mol. The first-order valence-corrected chi connectivity index (χ1v) is 10.2. The number of fused-ring (bicyclic) bond motifs is 1. The van der Waals surface area contributed by atoms with Crippen molar-refractivity contribution < 1.29 is 13.9 Å². The molecule has 0 saturated carbocycles. The summed E-state index contributed by atoms with van der Waals surface area (Å²) in [7, 11) is 0. The zero-order chi connectivity index (χ0) is 21.5. The number of rotatable bonds is 8. The number of hydrogen-bond acceptors (Lipinski definition) is 5. The quantitative estimate of drug-likeness (QED) is 0.237. The number of hydrazone groups is 1. The second kappa shape index (κ2) is 9.71. The molecule has 4 rings (SSSR count). The highest BCUT2D eigenvalue weighted by Crippen LogP contribution is 2.27. The van der Waals surface area contributed by atoms with Crippen LogP contribution < -0.4 is 10.2 Å². The zero-order valence-corrected chi connectivity index (χ0v) is 17.2. The van der Waals surface area contributed by atoms with Crippen LogP contribution in [0.1, 0.15) is 35.7 Å². The molecule has 1 amide bonds. The number of amides is 1. The molecule has 0 saturated heterocycles. The van der Waals surface area contributed by atoms with Crippen molar-refractivity contribution in [2.45, 2.75) is 19.8 Å². The fourth-order valence-electron chi connectivity index (χ4n) is 3.16. The fraction of sp³-hybridized carbons (Fsp3) is 0.160. The molecule has 0 aliphatic carbocycles. The number of furan rings is 1. The van der Waals surface area contributed by atoms with Crippen LogP contribution in [0.25, 0.3) is 22.2 Å². The van der Waals surface area contributed by atoms with Crippen molar-refractivity contribution in [1.82, 2.24) is 10.4 Å². The third-order valence-corrected chi connectivity index (χ3v) is 4.78. The van der Waals surface area contributed by atoms with Crippen molar-refractivity contribution >= 4 is 23.0 Å². The Kier molecular flexibility index (Phi) is 6.38. The highest BCUT2D eigenvalue weighted by Gasteiger charge is 2.14. The normalized spacial score (nSPS) is 11.1. The van der Waals surface area contributed by atoms with Gasteiger partial charge in [-0.25, -0.2) is 10.4 Å². The molecule has 4 aromatic rings. The first kappa shape index (κ1) is 20.3. The second-order valence-electron chi connectivity index (χ2n) is 7.06. The molecule has 0 fully saturated rings. The first-order valence-electron chi connectivity index (χ1n) is 10.2. The lowest BCUT2D eigenvalue weighted by Gasteiger charge is -2.10. The van der Waals surface area contributed by atoms with Gasteiger partial charge in [-0.3, -0.25) is 4.79 Å². The summed E-state index contributed by atoms with van der Waals surface area (Å²) >= 11 is 0. The Morgan fingerprint density at radius 3 is 2.90 bits per heavy atom. The van der Waals surface area contributed by atoms with Crippen LogP contribution in [-0.4, -0.2) is 23.7 Å². The number of carbonyl (C=O) groups is 1. The lowest BCUT2D eigenvalue weighted by molar-refractivity contribution is 0.0956. The molecule has 0 radical (unpaired) electrons. The number of unbranched alkanes of at least 4 members (excludes halogenated alkanes) is 1. The van der Waals surface area contributed by atoms with E-state index >= 15 is 0 Å². The van der Waals surface area contributed by atoms with E-state index in [2.05, 4.69) is 17.5 Å². The van der Waals surface area contributed by atoms with Crippen LogP contribution in [0.2, 0.25) is 0 Å². The zero-order valence-electron chi connectivity index (χ0n) is 17.2. The van der Waals surface area contributed by atoms with Gasteiger partial charge in [0.2, 0.25) is 0 Å². The number of nitrogens with one attached hydrogen (secondary N) is 1. The molecule has 2 heterocycles. The summed E-state index contributed by atoms with van der Waals surface area (Å²) in [6.07, 6.45) is 6.70. The van der Waals surface area contributed by atoms with Crippen molar-refractivity contribution in [2.75, 3.05) is 6.61 Å². The average Bonchev–Trinajstić information content (AvgIpc) is 3.32. The van der Waals surface area contributed by atoms with Crippen LogP contribution in [0.4, 0.5) is 0 Å². The highest BCUT2D eigenvalue weighted by atomic mass is 16.5. The smallest absolute Gasteiger partial charge is 0.272 e. The van der Waals surface area contributed by atoms with Crippen molar-refractivity contribution in [2.24, 2.45) is 5.10 Å². The molecule has 2 aromatic heterocycles. The minimum atomic E-state index is -0.310. The van der Waals surface area contributed by atoms with Gasteiger partial charge in [0.05, 0.1) is 42.1 Å². The Bertz CT molecular complexity index is 1200. The maximum Gasteiger partial charge on any atom is 0.272 e. The molecule has 156 valence electrons. The topological polar surface area (TPSA) is 76.7 Å². The Balaban J connectivity index is 1.65. The molecule has 1 N–H and O–H groups in total. The van der Waals surface area contributed by atoms with Crippen molar-refractivity contribution in [3.05, 3.63) is 84.3 Å². The Labute approximate surface area is 180 Å². The second-order valence-corrected chi connectivity index (χ2v) is 7.06. The standard InChI is InChI=1S/C25H23N3O3/c1-2-3-12-31-20-8-6-7-19(14-20)24-15-22(21-9-4-5-10-23(21)27-24)25(29)28-26-16-18-11-13-30-17-18/h4-11,13-17H,2-3,12H2,1H3,(H,28,29)/b26-16+. The van der Waals surface area contributed by atoms with E-state index in [-0.39, 0.29) is 5.91 Å². The lowest BCUT2D eigenvalue weighted by Crippen LogP contribution is -2.18. The van der Waals surface area contributed by atoms with Gasteiger partial charge < -0.3 is 9.15 Å². The number of aromatic nitrogens is 1. The first-order chi connectivity index (χ1) is 15.2. The van der Waals surface area contributed by atoms with Crippen LogP contribution in [0, 0.1) is 0 Å². The molecule has 31 heavy (non-hydrogen) atoms. The van der Waals surface area contributed by atoms with Crippen molar-refractivity contribution in [3.8, 4) is 17.0 Å². The molecule has 6 heteroatoms. The van der Waals surface area contributed by atoms with Crippen LogP contribution in [0.15, 0.2) is 82.7 Å². The number of para-hydroxylation sites is 1. The summed E-state index contributed by atoms with van der Waals surface area (Å²) in [5.74, 6) is 0.478. The summed E-state index contributed by atoms with van der Waals surface area (Å²) in [5, 5.41) is 4.79. The van der Waals surface area contributed by atoms with Gasteiger partial charge in [0.15, 0.2) is 0 Å². The Morgan fingerprint density at radius 2 is 2.06 bits per heavy atom. The van der Waals surface area contributed by atoms with E-state index in [9.17, 15) is 4.79 Å². The van der Waals surface area contributed by atoms with E-state index in [1.54, 1.807) is 24.7 Å². The number of ether oxygens (including phenoxy) is 1. The number of hydrogen-bond donors (Lipinski definition) is 1. The number of carbonyl (C=O) groups excluding carboxylic acids is 1. The molecular formula is C25H23N3O3. The van der Waals surface area contributed by atoms with E-state index in [1.807, 2.05) is 48.5 Å². The lowest BCUT2D eigenvalue weighted by atomic mass is 10.0. The number of benzene rings is 2. The SMILES string of the molecule is CCCCOc1cccc(-c2cc(C(=O)N/N=C/c3ccoc3)c3ccccc3n2)c1. The van der Waals surface area contributed by atoms with Crippen LogP contribution in [-0.2, 0) is 0 Å². The molecule has 0 bridgehead atoms. The molecule has 0 unspecified atom stereocenters. The van der Waals surface area contributed by atoms with Gasteiger partial charge in [0.25, 0.3) is 5.91 Å². The molecule has 6 nitrogen and oxygen atoms in total. The van der Waals surface area contributed by atoms with Gasteiger partial charge in [-0.05, 0) is 36.8 Å². The largest absolute Gasteiger partial charge is 0.494 e. The molecule has 0 aliphatic rings. The number of nitrogens with zero attached hydrogens (tertiary/aromatic N) is 2. The van der Waals surface area contributed by atoms with Gasteiger partial charge in [-0.2, -0.15) is 5.10 Å². The highest BCUT2D eigenvalue weighted by molar-refractivity contribution is 6.07. The number of pyridine rings is 1. The van der Waals surface area contributed by atoms with Gasteiger partial charge in [0.1, 0.15) is 5.75 Å². The third-order valence-electron chi connectivity index (χ3n) is 4.78. The fourth-order valence-corrected chi connectivity index (χ4v) is 3.16. The van der Waals surface area contributed by atoms with E-state index < -0.39 is 0 Å². The van der Waals surface area contributed by atoms with Gasteiger partial charge in [0, 0.05) is 16.5 Å². The van der Waals surface area contributed by atoms with E-state index in [0.717, 1.165) is 40.6 Å². The van der Waals surface area contributed by atoms with Gasteiger partial charge in [-0.1, -0.05) is 43.7 Å². The molecule has 0 atom stereocenters. The van der Waals surface area contributed by atoms with E-state index in [4.69, 9.17) is 14.1 Å². The summed E-state index contributed by atoms with van der Waals surface area (Å²) in [5.41, 5.74) is 6.18.